The van der Waals surface area contributed by atoms with Crippen LogP contribution in [0.25, 0.3) is 0 Å². The van der Waals surface area contributed by atoms with E-state index in [0.29, 0.717) is 24.6 Å². The van der Waals surface area contributed by atoms with E-state index in [1.54, 1.807) is 4.90 Å². The van der Waals surface area contributed by atoms with Crippen LogP contribution in [0.4, 0.5) is 10.3 Å². The third-order valence-electron chi connectivity index (χ3n) is 5.80. The van der Waals surface area contributed by atoms with Crippen molar-refractivity contribution in [3.05, 3.63) is 35.9 Å². The second-order valence-corrected chi connectivity index (χ2v) is 8.97. The highest BCUT2D eigenvalue weighted by atomic mass is 32.1. The standard InChI is InChI=1S/C22H29N5O2S/c28-19-12-4-5-15-27(19)22-25-24-21(30-22)26-14-7-11-18(16-26)20(29)23-13-6-10-17-8-2-1-3-9-17/h1-3,8-9,18H,4-7,10-16H2,(H,23,29). The minimum absolute atomic E-state index is 0.0283. The van der Waals surface area contributed by atoms with E-state index in [1.807, 2.05) is 18.2 Å². The molecule has 2 fully saturated rings. The molecule has 2 saturated heterocycles. The lowest BCUT2D eigenvalue weighted by Crippen LogP contribution is -2.43. The lowest BCUT2D eigenvalue weighted by molar-refractivity contribution is -0.125. The monoisotopic (exact) mass is 427 g/mol. The number of carbonyl (C=O) groups is 2. The predicted octanol–water partition coefficient (Wildman–Crippen LogP) is 3.02. The molecule has 30 heavy (non-hydrogen) atoms. The van der Waals surface area contributed by atoms with Crippen molar-refractivity contribution in [2.24, 2.45) is 5.92 Å². The normalized spacial score (nSPS) is 19.7. The van der Waals surface area contributed by atoms with Gasteiger partial charge in [-0.1, -0.05) is 41.7 Å². The highest BCUT2D eigenvalue weighted by Crippen LogP contribution is 2.32. The van der Waals surface area contributed by atoms with Gasteiger partial charge in [-0.2, -0.15) is 0 Å². The Morgan fingerprint density at radius 1 is 1.10 bits per heavy atom. The van der Waals surface area contributed by atoms with Crippen LogP contribution >= 0.6 is 11.3 Å². The Morgan fingerprint density at radius 3 is 2.77 bits per heavy atom. The van der Waals surface area contributed by atoms with Crippen molar-refractivity contribution in [3.63, 3.8) is 0 Å². The average Bonchev–Trinajstić information content (AvgIpc) is 3.28. The molecule has 4 rings (SSSR count). The molecule has 160 valence electrons. The summed E-state index contributed by atoms with van der Waals surface area (Å²) in [7, 11) is 0. The van der Waals surface area contributed by atoms with Crippen molar-refractivity contribution in [1.29, 1.82) is 0 Å². The van der Waals surface area contributed by atoms with Crippen LogP contribution in [0.2, 0.25) is 0 Å². The van der Waals surface area contributed by atoms with E-state index in [0.717, 1.165) is 56.7 Å². The maximum absolute atomic E-state index is 12.7. The summed E-state index contributed by atoms with van der Waals surface area (Å²) in [6.45, 7) is 2.96. The summed E-state index contributed by atoms with van der Waals surface area (Å²) in [5.74, 6) is 0.235. The molecule has 2 aliphatic rings. The van der Waals surface area contributed by atoms with Crippen molar-refractivity contribution >= 4 is 33.4 Å². The van der Waals surface area contributed by atoms with Gasteiger partial charge in [0.25, 0.3) is 0 Å². The zero-order valence-electron chi connectivity index (χ0n) is 17.3. The van der Waals surface area contributed by atoms with Gasteiger partial charge in [-0.3, -0.25) is 14.5 Å². The van der Waals surface area contributed by atoms with E-state index in [1.165, 1.54) is 16.9 Å². The summed E-state index contributed by atoms with van der Waals surface area (Å²) >= 11 is 1.46. The van der Waals surface area contributed by atoms with Crippen molar-refractivity contribution in [2.75, 3.05) is 36.0 Å². The van der Waals surface area contributed by atoms with E-state index in [2.05, 4.69) is 32.5 Å². The highest BCUT2D eigenvalue weighted by molar-refractivity contribution is 7.19. The molecule has 2 amide bonds. The first-order valence-electron chi connectivity index (χ1n) is 10.9. The number of piperidine rings is 2. The summed E-state index contributed by atoms with van der Waals surface area (Å²) in [5.41, 5.74) is 1.30. The third-order valence-corrected chi connectivity index (χ3v) is 6.81. The number of rotatable bonds is 7. The number of nitrogens with one attached hydrogen (secondary N) is 1. The summed E-state index contributed by atoms with van der Waals surface area (Å²) in [4.78, 5) is 28.7. The maximum Gasteiger partial charge on any atom is 0.228 e. The van der Waals surface area contributed by atoms with E-state index in [4.69, 9.17) is 0 Å². The highest BCUT2D eigenvalue weighted by Gasteiger charge is 2.29. The fourth-order valence-electron chi connectivity index (χ4n) is 4.11. The fourth-order valence-corrected chi connectivity index (χ4v) is 5.04. The van der Waals surface area contributed by atoms with E-state index in [-0.39, 0.29) is 17.7 Å². The van der Waals surface area contributed by atoms with Gasteiger partial charge in [-0.15, -0.1) is 10.2 Å². The molecule has 3 heterocycles. The summed E-state index contributed by atoms with van der Waals surface area (Å²) in [6, 6.07) is 10.4. The minimum Gasteiger partial charge on any atom is -0.356 e. The van der Waals surface area contributed by atoms with Crippen molar-refractivity contribution in [2.45, 2.75) is 44.9 Å². The molecule has 8 heteroatoms. The van der Waals surface area contributed by atoms with Gasteiger partial charge < -0.3 is 10.2 Å². The molecule has 0 saturated carbocycles. The van der Waals surface area contributed by atoms with Gasteiger partial charge in [-0.05, 0) is 44.1 Å². The molecule has 0 radical (unpaired) electrons. The first-order valence-corrected chi connectivity index (χ1v) is 11.7. The smallest absolute Gasteiger partial charge is 0.228 e. The lowest BCUT2D eigenvalue weighted by Gasteiger charge is -2.31. The molecule has 2 aromatic rings. The Kier molecular flexibility index (Phi) is 6.94. The number of aryl methyl sites for hydroxylation is 1. The number of hydrogen-bond acceptors (Lipinski definition) is 6. The molecule has 1 atom stereocenters. The number of anilines is 2. The second-order valence-electron chi connectivity index (χ2n) is 8.04. The second kappa shape index (κ2) is 10.0. The zero-order valence-corrected chi connectivity index (χ0v) is 18.1. The Balaban J connectivity index is 1.26. The van der Waals surface area contributed by atoms with Crippen molar-refractivity contribution in [3.8, 4) is 0 Å². The van der Waals surface area contributed by atoms with Crippen molar-refractivity contribution < 1.29 is 9.59 Å². The van der Waals surface area contributed by atoms with Gasteiger partial charge in [0.2, 0.25) is 22.1 Å². The third kappa shape index (κ3) is 5.16. The van der Waals surface area contributed by atoms with Gasteiger partial charge in [0.15, 0.2) is 0 Å². The molecule has 0 spiro atoms. The molecule has 1 aromatic carbocycles. The van der Waals surface area contributed by atoms with Gasteiger partial charge >= 0.3 is 0 Å². The van der Waals surface area contributed by atoms with Crippen LogP contribution in [0, 0.1) is 5.92 Å². The number of aromatic nitrogens is 2. The number of benzene rings is 1. The minimum atomic E-state index is -0.0283. The van der Waals surface area contributed by atoms with Gasteiger partial charge in [-0.25, -0.2) is 0 Å². The molecule has 7 nitrogen and oxygen atoms in total. The van der Waals surface area contributed by atoms with Crippen LogP contribution in [-0.2, 0) is 16.0 Å². The van der Waals surface area contributed by atoms with E-state index in [9.17, 15) is 9.59 Å². The van der Waals surface area contributed by atoms with E-state index >= 15 is 0 Å². The summed E-state index contributed by atoms with van der Waals surface area (Å²) in [5, 5.41) is 13.2. The molecule has 1 N–H and O–H groups in total. The van der Waals surface area contributed by atoms with Crippen LogP contribution in [0.5, 0.6) is 0 Å². The number of hydrogen-bond donors (Lipinski definition) is 1. The number of nitrogens with zero attached hydrogens (tertiary/aromatic N) is 4. The van der Waals surface area contributed by atoms with Crippen LogP contribution in [-0.4, -0.2) is 48.2 Å². The molecule has 1 aromatic heterocycles. The molecular weight excluding hydrogens is 398 g/mol. The average molecular weight is 428 g/mol. The zero-order chi connectivity index (χ0) is 20.8. The molecule has 1 unspecified atom stereocenters. The lowest BCUT2D eigenvalue weighted by atomic mass is 9.97. The maximum atomic E-state index is 12.7. The van der Waals surface area contributed by atoms with Crippen LogP contribution in [0.1, 0.15) is 44.1 Å². The molecule has 0 bridgehead atoms. The van der Waals surface area contributed by atoms with Gasteiger partial charge in [0, 0.05) is 32.6 Å². The van der Waals surface area contributed by atoms with Gasteiger partial charge in [0.1, 0.15) is 0 Å². The Bertz CT molecular complexity index is 856. The van der Waals surface area contributed by atoms with Crippen LogP contribution in [0.3, 0.4) is 0 Å². The van der Waals surface area contributed by atoms with Crippen LogP contribution < -0.4 is 15.1 Å². The first kappa shape index (κ1) is 20.8. The molecule has 2 aliphatic heterocycles. The molecular formula is C22H29N5O2S. The largest absolute Gasteiger partial charge is 0.356 e. The Labute approximate surface area is 181 Å². The Morgan fingerprint density at radius 2 is 1.93 bits per heavy atom. The number of amides is 2. The van der Waals surface area contributed by atoms with Gasteiger partial charge in [0.05, 0.1) is 5.92 Å². The predicted molar refractivity (Wildman–Crippen MR) is 119 cm³/mol. The quantitative estimate of drug-likeness (QED) is 0.687. The summed E-state index contributed by atoms with van der Waals surface area (Å²) < 4.78 is 0. The first-order chi connectivity index (χ1) is 14.7. The fraction of sp³-hybridized carbons (Fsp3) is 0.545. The number of carbonyl (C=O) groups excluding carboxylic acids is 2. The van der Waals surface area contributed by atoms with Crippen LogP contribution in [0.15, 0.2) is 30.3 Å². The van der Waals surface area contributed by atoms with E-state index < -0.39 is 0 Å². The Hall–Kier alpha value is -2.48. The SMILES string of the molecule is O=C(NCCCc1ccccc1)C1CCCN(c2nnc(N3CCCCC3=O)s2)C1. The summed E-state index contributed by atoms with van der Waals surface area (Å²) in [6.07, 6.45) is 6.32. The molecule has 0 aliphatic carbocycles. The van der Waals surface area contributed by atoms with Crippen molar-refractivity contribution in [1.82, 2.24) is 15.5 Å². The topological polar surface area (TPSA) is 78.4 Å².